The lowest BCUT2D eigenvalue weighted by Gasteiger charge is -2.35. The van der Waals surface area contributed by atoms with E-state index in [1.54, 1.807) is 0 Å². The first-order valence-electron chi connectivity index (χ1n) is 16.9. The molecule has 36 heavy (non-hydrogen) atoms. The smallest absolute Gasteiger partial charge is 0.101 e. The Morgan fingerprint density at radius 1 is 0.472 bits per heavy atom. The van der Waals surface area contributed by atoms with Crippen molar-refractivity contribution in [3.05, 3.63) is 12.4 Å². The van der Waals surface area contributed by atoms with Gasteiger partial charge in [-0.15, -0.1) is 0 Å². The van der Waals surface area contributed by atoms with Gasteiger partial charge in [0.05, 0.1) is 0 Å². The molecule has 1 unspecified atom stereocenters. The lowest BCUT2D eigenvalue weighted by molar-refractivity contribution is 0.114. The van der Waals surface area contributed by atoms with Crippen LogP contribution in [0.5, 0.6) is 0 Å². The Hall–Kier alpha value is -0.660. The van der Waals surface area contributed by atoms with Crippen LogP contribution in [0, 0.1) is 0 Å². The molecule has 2 heteroatoms. The maximum atomic E-state index is 2.66. The molecular weight excluding hydrogens is 436 g/mol. The highest BCUT2D eigenvalue weighted by molar-refractivity contribution is 4.98. The molecule has 0 amide bonds. The molecule has 0 aromatic heterocycles. The van der Waals surface area contributed by atoms with Crippen molar-refractivity contribution in [3.63, 3.8) is 0 Å². The van der Waals surface area contributed by atoms with E-state index < -0.39 is 0 Å². The fourth-order valence-electron chi connectivity index (χ4n) is 5.89. The Labute approximate surface area is 229 Å². The molecule has 1 heterocycles. The van der Waals surface area contributed by atoms with Gasteiger partial charge in [0.1, 0.15) is 6.17 Å². The van der Waals surface area contributed by atoms with Gasteiger partial charge in [0.25, 0.3) is 0 Å². The summed E-state index contributed by atoms with van der Waals surface area (Å²) in [6.07, 6.45) is 41.2. The Morgan fingerprint density at radius 2 is 0.833 bits per heavy atom. The van der Waals surface area contributed by atoms with E-state index >= 15 is 0 Å². The highest BCUT2D eigenvalue weighted by Gasteiger charge is 2.26. The highest BCUT2D eigenvalue weighted by atomic mass is 15.4. The molecule has 0 spiro atoms. The minimum atomic E-state index is 0.607. The quantitative estimate of drug-likeness (QED) is 0.103. The molecule has 0 aromatic carbocycles. The molecule has 2 nitrogen and oxygen atoms in total. The predicted octanol–water partition coefficient (Wildman–Crippen LogP) is 11.6. The summed E-state index contributed by atoms with van der Waals surface area (Å²) >= 11 is 0. The van der Waals surface area contributed by atoms with Gasteiger partial charge in [-0.2, -0.15) is 0 Å². The van der Waals surface area contributed by atoms with Crippen LogP contribution in [0.4, 0.5) is 0 Å². The number of hydrogen-bond donors (Lipinski definition) is 0. The van der Waals surface area contributed by atoms with Crippen LogP contribution in [-0.4, -0.2) is 28.6 Å². The predicted molar refractivity (Wildman–Crippen MR) is 163 cm³/mol. The zero-order valence-corrected chi connectivity index (χ0v) is 25.6. The van der Waals surface area contributed by atoms with Gasteiger partial charge in [-0.1, -0.05) is 155 Å². The monoisotopic (exact) mass is 505 g/mol. The van der Waals surface area contributed by atoms with E-state index in [0.717, 1.165) is 0 Å². The van der Waals surface area contributed by atoms with Gasteiger partial charge < -0.3 is 9.80 Å². The zero-order chi connectivity index (χ0) is 26.1. The summed E-state index contributed by atoms with van der Waals surface area (Å²) in [5, 5.41) is 0. The van der Waals surface area contributed by atoms with Crippen LogP contribution in [0.15, 0.2) is 12.4 Å². The first-order chi connectivity index (χ1) is 17.7. The van der Waals surface area contributed by atoms with Crippen LogP contribution < -0.4 is 0 Å². The van der Waals surface area contributed by atoms with Crippen molar-refractivity contribution in [3.8, 4) is 0 Å². The van der Waals surface area contributed by atoms with E-state index in [4.69, 9.17) is 0 Å². The largest absolute Gasteiger partial charge is 0.356 e. The van der Waals surface area contributed by atoms with Crippen molar-refractivity contribution in [1.82, 2.24) is 9.80 Å². The van der Waals surface area contributed by atoms with Crippen LogP contribution >= 0.6 is 0 Å². The minimum absolute atomic E-state index is 0.607. The summed E-state index contributed by atoms with van der Waals surface area (Å²) in [5.41, 5.74) is 0. The number of rotatable bonds is 27. The van der Waals surface area contributed by atoms with Gasteiger partial charge in [-0.05, 0) is 33.1 Å². The van der Waals surface area contributed by atoms with Crippen molar-refractivity contribution in [2.75, 3.05) is 6.54 Å². The van der Waals surface area contributed by atoms with Crippen molar-refractivity contribution in [1.29, 1.82) is 0 Å². The van der Waals surface area contributed by atoms with Gasteiger partial charge in [-0.25, -0.2) is 0 Å². The molecule has 0 bridgehead atoms. The Bertz CT molecular complexity index is 472. The Kier molecular flexibility index (Phi) is 22.9. The highest BCUT2D eigenvalue weighted by Crippen LogP contribution is 2.25. The molecule has 0 radical (unpaired) electrons. The van der Waals surface area contributed by atoms with Gasteiger partial charge in [-0.3, -0.25) is 0 Å². The van der Waals surface area contributed by atoms with E-state index in [0.29, 0.717) is 12.2 Å². The zero-order valence-electron chi connectivity index (χ0n) is 25.6. The SMILES string of the molecule is CCCCCCCCCCCCCCC1N(CCCCCCCCCCCCCC)C=CN1C(C)C. The fourth-order valence-corrected chi connectivity index (χ4v) is 5.89. The van der Waals surface area contributed by atoms with Crippen molar-refractivity contribution < 1.29 is 0 Å². The molecule has 0 N–H and O–H groups in total. The fraction of sp³-hybridized carbons (Fsp3) is 0.941. The van der Waals surface area contributed by atoms with Crippen LogP contribution in [0.1, 0.15) is 188 Å². The summed E-state index contributed by atoms with van der Waals surface area (Å²) in [5.74, 6) is 0. The van der Waals surface area contributed by atoms with Crippen molar-refractivity contribution in [2.24, 2.45) is 0 Å². The molecule has 1 aliphatic heterocycles. The number of hydrogen-bond acceptors (Lipinski definition) is 2. The summed E-state index contributed by atoms with van der Waals surface area (Å²) in [6, 6.07) is 0.607. The van der Waals surface area contributed by atoms with Crippen molar-refractivity contribution in [2.45, 2.75) is 200 Å². The number of unbranched alkanes of at least 4 members (excludes halogenated alkanes) is 22. The van der Waals surface area contributed by atoms with Gasteiger partial charge in [0.15, 0.2) is 0 Å². The standard InChI is InChI=1S/C34H68N2/c1-5-7-9-11-13-15-17-19-21-23-25-27-29-34-35(31-32-36(34)33(3)4)30-28-26-24-22-20-18-16-14-12-10-8-6-2/h31-34H,5-30H2,1-4H3. The van der Waals surface area contributed by atoms with Crippen LogP contribution in [0.25, 0.3) is 0 Å². The second kappa shape index (κ2) is 24.7. The molecule has 1 aliphatic rings. The Morgan fingerprint density at radius 3 is 1.22 bits per heavy atom. The van der Waals surface area contributed by atoms with E-state index in [1.165, 1.54) is 167 Å². The topological polar surface area (TPSA) is 6.48 Å². The second-order valence-corrected chi connectivity index (χ2v) is 12.1. The van der Waals surface area contributed by atoms with E-state index in [2.05, 4.69) is 49.9 Å². The second-order valence-electron chi connectivity index (χ2n) is 12.1. The summed E-state index contributed by atoms with van der Waals surface area (Å²) in [7, 11) is 0. The van der Waals surface area contributed by atoms with E-state index in [1.807, 2.05) is 0 Å². The summed E-state index contributed by atoms with van der Waals surface area (Å²) in [4.78, 5) is 5.27. The average Bonchev–Trinajstić information content (AvgIpc) is 3.28. The number of nitrogens with zero attached hydrogens (tertiary/aromatic N) is 2. The summed E-state index contributed by atoms with van der Waals surface area (Å²) in [6.45, 7) is 10.6. The Balaban J connectivity index is 2.04. The third-order valence-corrected chi connectivity index (χ3v) is 8.34. The van der Waals surface area contributed by atoms with Gasteiger partial charge in [0, 0.05) is 25.0 Å². The third-order valence-electron chi connectivity index (χ3n) is 8.34. The molecule has 0 aromatic rings. The first-order valence-corrected chi connectivity index (χ1v) is 16.9. The van der Waals surface area contributed by atoms with Gasteiger partial charge in [0.2, 0.25) is 0 Å². The van der Waals surface area contributed by atoms with E-state index in [-0.39, 0.29) is 0 Å². The van der Waals surface area contributed by atoms with Crippen LogP contribution in [-0.2, 0) is 0 Å². The molecule has 0 saturated heterocycles. The third kappa shape index (κ3) is 17.7. The van der Waals surface area contributed by atoms with E-state index in [9.17, 15) is 0 Å². The van der Waals surface area contributed by atoms with Crippen molar-refractivity contribution >= 4 is 0 Å². The van der Waals surface area contributed by atoms with Crippen LogP contribution in [0.2, 0.25) is 0 Å². The lowest BCUT2D eigenvalue weighted by atomic mass is 10.0. The summed E-state index contributed by atoms with van der Waals surface area (Å²) < 4.78 is 0. The van der Waals surface area contributed by atoms with Gasteiger partial charge >= 0.3 is 0 Å². The molecule has 0 fully saturated rings. The molecule has 214 valence electrons. The molecule has 0 saturated carbocycles. The minimum Gasteiger partial charge on any atom is -0.356 e. The lowest BCUT2D eigenvalue weighted by Crippen LogP contribution is -2.42. The molecule has 0 aliphatic carbocycles. The molecular formula is C34H68N2. The molecule has 1 atom stereocenters. The first kappa shape index (κ1) is 33.4. The van der Waals surface area contributed by atoms with Crippen LogP contribution in [0.3, 0.4) is 0 Å². The normalized spacial score (nSPS) is 15.6. The molecule has 1 rings (SSSR count). The average molecular weight is 505 g/mol. The maximum absolute atomic E-state index is 2.66. The maximum Gasteiger partial charge on any atom is 0.101 e.